The average Bonchev–Trinajstić information content (AvgIpc) is 2.38. The standard InChI is InChI=1S/C11H15NO6S/c1-12(17-2)19(15,16)10-5-3-9(4-6-10)18-8-7-11(13)14/h3-6H,7-8H2,1-2H3,(H,13,14). The van der Waals surface area contributed by atoms with Crippen LogP contribution in [0.4, 0.5) is 0 Å². The lowest BCUT2D eigenvalue weighted by Crippen LogP contribution is -2.25. The fourth-order valence-electron chi connectivity index (χ4n) is 1.21. The van der Waals surface area contributed by atoms with Crippen LogP contribution in [0.2, 0.25) is 0 Å². The molecular formula is C11H15NO6S. The fraction of sp³-hybridized carbons (Fsp3) is 0.364. The van der Waals surface area contributed by atoms with Gasteiger partial charge in [0.2, 0.25) is 0 Å². The van der Waals surface area contributed by atoms with Gasteiger partial charge in [-0.25, -0.2) is 8.42 Å². The van der Waals surface area contributed by atoms with Crippen molar-refractivity contribution in [3.63, 3.8) is 0 Å². The highest BCUT2D eigenvalue weighted by molar-refractivity contribution is 7.89. The van der Waals surface area contributed by atoms with Crippen molar-refractivity contribution in [3.05, 3.63) is 24.3 Å². The van der Waals surface area contributed by atoms with Gasteiger partial charge in [-0.2, -0.15) is 0 Å². The van der Waals surface area contributed by atoms with Crippen molar-refractivity contribution in [3.8, 4) is 5.75 Å². The molecule has 0 saturated carbocycles. The zero-order chi connectivity index (χ0) is 14.5. The summed E-state index contributed by atoms with van der Waals surface area (Å²) in [5.41, 5.74) is 0. The van der Waals surface area contributed by atoms with E-state index in [0.717, 1.165) is 4.47 Å². The molecule has 0 heterocycles. The number of carboxylic acid groups (broad SMARTS) is 1. The molecule has 0 aromatic heterocycles. The summed E-state index contributed by atoms with van der Waals surface area (Å²) in [6.07, 6.45) is -0.119. The summed E-state index contributed by atoms with van der Waals surface area (Å²) in [5, 5.41) is 8.45. The number of carbonyl (C=O) groups is 1. The summed E-state index contributed by atoms with van der Waals surface area (Å²) in [6, 6.07) is 5.64. The lowest BCUT2D eigenvalue weighted by Gasteiger charge is -2.14. The molecule has 0 unspecified atom stereocenters. The topological polar surface area (TPSA) is 93.1 Å². The van der Waals surface area contributed by atoms with Gasteiger partial charge in [-0.1, -0.05) is 4.47 Å². The quantitative estimate of drug-likeness (QED) is 0.743. The Morgan fingerprint density at radius 1 is 1.32 bits per heavy atom. The van der Waals surface area contributed by atoms with Gasteiger partial charge in [0.15, 0.2) is 0 Å². The van der Waals surface area contributed by atoms with E-state index in [2.05, 4.69) is 4.84 Å². The Kier molecular flexibility index (Phi) is 5.28. The second kappa shape index (κ2) is 6.50. The molecule has 0 radical (unpaired) electrons. The molecule has 0 bridgehead atoms. The van der Waals surface area contributed by atoms with Crippen LogP contribution in [0.5, 0.6) is 5.75 Å². The minimum absolute atomic E-state index is 0.0272. The number of hydrogen-bond donors (Lipinski definition) is 1. The van der Waals surface area contributed by atoms with Gasteiger partial charge in [-0.3, -0.25) is 9.63 Å². The molecule has 0 aliphatic rings. The van der Waals surface area contributed by atoms with E-state index in [1.807, 2.05) is 0 Å². The molecule has 0 atom stereocenters. The minimum atomic E-state index is -3.68. The molecule has 19 heavy (non-hydrogen) atoms. The van der Waals surface area contributed by atoms with E-state index in [0.29, 0.717) is 5.75 Å². The van der Waals surface area contributed by atoms with E-state index < -0.39 is 16.0 Å². The largest absolute Gasteiger partial charge is 0.493 e. The number of sulfonamides is 1. The normalized spacial score (nSPS) is 11.5. The zero-order valence-corrected chi connectivity index (χ0v) is 11.4. The van der Waals surface area contributed by atoms with E-state index in [1.54, 1.807) is 0 Å². The number of hydroxylamine groups is 1. The molecule has 106 valence electrons. The van der Waals surface area contributed by atoms with Crippen LogP contribution in [-0.4, -0.2) is 44.7 Å². The van der Waals surface area contributed by atoms with Crippen molar-refractivity contribution in [1.29, 1.82) is 0 Å². The fourth-order valence-corrected chi connectivity index (χ4v) is 2.18. The van der Waals surface area contributed by atoms with Crippen LogP contribution >= 0.6 is 0 Å². The van der Waals surface area contributed by atoms with E-state index in [1.165, 1.54) is 38.4 Å². The van der Waals surface area contributed by atoms with E-state index >= 15 is 0 Å². The van der Waals surface area contributed by atoms with Crippen molar-refractivity contribution in [2.45, 2.75) is 11.3 Å². The van der Waals surface area contributed by atoms with Gasteiger partial charge in [-0.05, 0) is 24.3 Å². The highest BCUT2D eigenvalue weighted by Crippen LogP contribution is 2.18. The predicted molar refractivity (Wildman–Crippen MR) is 66.1 cm³/mol. The van der Waals surface area contributed by atoms with Crippen LogP contribution < -0.4 is 4.74 Å². The zero-order valence-electron chi connectivity index (χ0n) is 10.6. The molecule has 0 aliphatic heterocycles. The van der Waals surface area contributed by atoms with E-state index in [-0.39, 0.29) is 17.9 Å². The van der Waals surface area contributed by atoms with Gasteiger partial charge in [0, 0.05) is 7.05 Å². The molecule has 1 aromatic rings. The minimum Gasteiger partial charge on any atom is -0.493 e. The van der Waals surface area contributed by atoms with Crippen molar-refractivity contribution >= 4 is 16.0 Å². The first-order valence-corrected chi connectivity index (χ1v) is 6.79. The molecule has 0 fully saturated rings. The van der Waals surface area contributed by atoms with Crippen LogP contribution in [0.25, 0.3) is 0 Å². The maximum absolute atomic E-state index is 11.9. The number of nitrogens with zero attached hydrogens (tertiary/aromatic N) is 1. The van der Waals surface area contributed by atoms with Crippen molar-refractivity contribution in [1.82, 2.24) is 4.47 Å². The molecule has 1 aromatic carbocycles. The summed E-state index contributed by atoms with van der Waals surface area (Å²) in [7, 11) is -1.14. The van der Waals surface area contributed by atoms with Gasteiger partial charge in [0.05, 0.1) is 25.0 Å². The van der Waals surface area contributed by atoms with E-state index in [9.17, 15) is 13.2 Å². The predicted octanol–water partition coefficient (Wildman–Crippen LogP) is 0.722. The molecule has 1 rings (SSSR count). The van der Waals surface area contributed by atoms with Crippen LogP contribution in [0.1, 0.15) is 6.42 Å². The number of ether oxygens (including phenoxy) is 1. The highest BCUT2D eigenvalue weighted by atomic mass is 32.2. The highest BCUT2D eigenvalue weighted by Gasteiger charge is 2.20. The summed E-state index contributed by atoms with van der Waals surface area (Å²) < 4.78 is 29.6. The van der Waals surface area contributed by atoms with Crippen LogP contribution in [-0.2, 0) is 19.7 Å². The van der Waals surface area contributed by atoms with Crippen LogP contribution in [0.3, 0.4) is 0 Å². The van der Waals surface area contributed by atoms with Gasteiger partial charge in [-0.15, -0.1) is 0 Å². The number of aliphatic carboxylic acids is 1. The van der Waals surface area contributed by atoms with Crippen LogP contribution in [0.15, 0.2) is 29.2 Å². The summed E-state index contributed by atoms with van der Waals surface area (Å²) in [5.74, 6) is -0.554. The maximum atomic E-state index is 11.9. The Bertz CT molecular complexity index is 525. The third-order valence-corrected chi connectivity index (χ3v) is 4.00. The van der Waals surface area contributed by atoms with Gasteiger partial charge in [0.1, 0.15) is 5.75 Å². The van der Waals surface area contributed by atoms with Gasteiger partial charge < -0.3 is 9.84 Å². The van der Waals surface area contributed by atoms with Crippen molar-refractivity contribution in [2.24, 2.45) is 0 Å². The Balaban J connectivity index is 2.74. The van der Waals surface area contributed by atoms with E-state index in [4.69, 9.17) is 9.84 Å². The average molecular weight is 289 g/mol. The Hall–Kier alpha value is -1.64. The summed E-state index contributed by atoms with van der Waals surface area (Å²) in [6.45, 7) is 0.0272. The molecule has 0 saturated heterocycles. The third-order valence-electron chi connectivity index (χ3n) is 2.30. The van der Waals surface area contributed by atoms with Gasteiger partial charge >= 0.3 is 5.97 Å². The lowest BCUT2D eigenvalue weighted by molar-refractivity contribution is -0.137. The van der Waals surface area contributed by atoms with Gasteiger partial charge in [0.25, 0.3) is 10.0 Å². The molecule has 0 aliphatic carbocycles. The monoisotopic (exact) mass is 289 g/mol. The smallest absolute Gasteiger partial charge is 0.306 e. The van der Waals surface area contributed by atoms with Crippen molar-refractivity contribution < 1.29 is 27.9 Å². The Morgan fingerprint density at radius 2 is 1.89 bits per heavy atom. The second-order valence-electron chi connectivity index (χ2n) is 3.56. The molecule has 8 heteroatoms. The Labute approximate surface area is 111 Å². The first-order valence-electron chi connectivity index (χ1n) is 5.35. The molecular weight excluding hydrogens is 274 g/mol. The van der Waals surface area contributed by atoms with Crippen molar-refractivity contribution in [2.75, 3.05) is 20.8 Å². The molecule has 1 N–H and O–H groups in total. The molecule has 0 spiro atoms. The number of benzene rings is 1. The number of hydrogen-bond acceptors (Lipinski definition) is 5. The Morgan fingerprint density at radius 3 is 2.37 bits per heavy atom. The first-order chi connectivity index (χ1) is 8.87. The first kappa shape index (κ1) is 15.4. The second-order valence-corrected chi connectivity index (χ2v) is 5.50. The number of rotatable bonds is 7. The summed E-state index contributed by atoms with van der Waals surface area (Å²) in [4.78, 5) is 15.0. The number of carboxylic acids is 1. The molecule has 7 nitrogen and oxygen atoms in total. The SMILES string of the molecule is CON(C)S(=O)(=O)c1ccc(OCCC(=O)O)cc1. The van der Waals surface area contributed by atoms with Crippen LogP contribution in [0, 0.1) is 0 Å². The lowest BCUT2D eigenvalue weighted by atomic mass is 10.3. The molecule has 0 amide bonds. The maximum Gasteiger partial charge on any atom is 0.306 e. The summed E-state index contributed by atoms with van der Waals surface area (Å²) >= 11 is 0. The third kappa shape index (κ3) is 4.19.